The van der Waals surface area contributed by atoms with Crippen molar-refractivity contribution in [1.82, 2.24) is 0 Å². The summed E-state index contributed by atoms with van der Waals surface area (Å²) in [5, 5.41) is 0. The van der Waals surface area contributed by atoms with Crippen molar-refractivity contribution in [3.05, 3.63) is 0 Å². The van der Waals surface area contributed by atoms with Crippen LogP contribution in [0.3, 0.4) is 0 Å². The Hall–Kier alpha value is -0.250. The normalized spacial score (nSPS) is 15.9. The molecule has 0 amide bonds. The number of halogens is 3. The Labute approximate surface area is 58.2 Å². The third-order valence-corrected chi connectivity index (χ3v) is 1.26. The first-order chi connectivity index (χ1) is 4.33. The summed E-state index contributed by atoms with van der Waals surface area (Å²) in [5.41, 5.74) is 0. The van der Waals surface area contributed by atoms with Crippen molar-refractivity contribution in [3.63, 3.8) is 0 Å². The van der Waals surface area contributed by atoms with Gasteiger partial charge in [0.25, 0.3) is 0 Å². The molecule has 1 atom stereocenters. The number of hydrogen-bond acceptors (Lipinski definition) is 1. The van der Waals surface area contributed by atoms with E-state index in [1.165, 1.54) is 6.92 Å². The smallest absolute Gasteiger partial charge is 0.289 e. The molecule has 0 aliphatic carbocycles. The second kappa shape index (κ2) is 3.23. The number of hydrogen-bond donors (Lipinski definition) is 0. The zero-order valence-corrected chi connectivity index (χ0v) is 6.20. The summed E-state index contributed by atoms with van der Waals surface area (Å²) in [7, 11) is 0. The van der Waals surface area contributed by atoms with Crippen LogP contribution in [0, 0.1) is 5.92 Å². The van der Waals surface area contributed by atoms with Gasteiger partial charge in [-0.3, -0.25) is 4.74 Å². The fourth-order valence-electron chi connectivity index (χ4n) is 0.347. The van der Waals surface area contributed by atoms with Gasteiger partial charge >= 0.3 is 6.36 Å². The molecular formula is C6H11F3O. The molecule has 0 saturated heterocycles. The van der Waals surface area contributed by atoms with Crippen molar-refractivity contribution >= 4 is 0 Å². The lowest BCUT2D eigenvalue weighted by atomic mass is 10.1. The Balaban J connectivity index is 3.68. The number of ether oxygens (including phenoxy) is 1. The van der Waals surface area contributed by atoms with E-state index < -0.39 is 12.5 Å². The molecule has 0 radical (unpaired) electrons. The lowest BCUT2D eigenvalue weighted by Gasteiger charge is -2.17. The van der Waals surface area contributed by atoms with Crippen LogP contribution >= 0.6 is 0 Å². The maximum Gasteiger partial charge on any atom is 0.522 e. The highest BCUT2D eigenvalue weighted by Crippen LogP contribution is 2.21. The Kier molecular flexibility index (Phi) is 3.15. The fourth-order valence-corrected chi connectivity index (χ4v) is 0.347. The van der Waals surface area contributed by atoms with E-state index in [2.05, 4.69) is 4.74 Å². The van der Waals surface area contributed by atoms with E-state index in [1.54, 1.807) is 13.8 Å². The number of alkyl halides is 3. The second-order valence-corrected chi connectivity index (χ2v) is 2.51. The van der Waals surface area contributed by atoms with Gasteiger partial charge in [-0.05, 0) is 12.8 Å². The molecule has 0 aromatic carbocycles. The van der Waals surface area contributed by atoms with Crippen LogP contribution in [0.5, 0.6) is 0 Å². The fraction of sp³-hybridized carbons (Fsp3) is 1.00. The average molecular weight is 156 g/mol. The molecule has 0 saturated carbocycles. The maximum absolute atomic E-state index is 11.4. The molecule has 0 aliphatic heterocycles. The van der Waals surface area contributed by atoms with Gasteiger partial charge in [0.05, 0.1) is 6.10 Å². The minimum atomic E-state index is -4.50. The van der Waals surface area contributed by atoms with E-state index in [1.807, 2.05) is 0 Å². The van der Waals surface area contributed by atoms with Gasteiger partial charge in [0.2, 0.25) is 0 Å². The van der Waals surface area contributed by atoms with E-state index in [9.17, 15) is 13.2 Å². The highest BCUT2D eigenvalue weighted by molar-refractivity contribution is 4.54. The largest absolute Gasteiger partial charge is 0.522 e. The van der Waals surface area contributed by atoms with E-state index in [0.717, 1.165) is 0 Å². The van der Waals surface area contributed by atoms with Crippen LogP contribution in [0.4, 0.5) is 13.2 Å². The van der Waals surface area contributed by atoms with Gasteiger partial charge in [-0.25, -0.2) is 0 Å². The first-order valence-electron chi connectivity index (χ1n) is 3.07. The molecule has 10 heavy (non-hydrogen) atoms. The molecule has 0 fully saturated rings. The molecule has 1 unspecified atom stereocenters. The van der Waals surface area contributed by atoms with Gasteiger partial charge < -0.3 is 0 Å². The van der Waals surface area contributed by atoms with Crippen LogP contribution in [-0.4, -0.2) is 12.5 Å². The molecule has 1 nitrogen and oxygen atoms in total. The van der Waals surface area contributed by atoms with Crippen molar-refractivity contribution in [1.29, 1.82) is 0 Å². The van der Waals surface area contributed by atoms with Gasteiger partial charge in [-0.15, -0.1) is 13.2 Å². The summed E-state index contributed by atoms with van der Waals surface area (Å²) in [6, 6.07) is 0. The third kappa shape index (κ3) is 4.61. The van der Waals surface area contributed by atoms with Crippen molar-refractivity contribution in [3.8, 4) is 0 Å². The molecule has 0 spiro atoms. The second-order valence-electron chi connectivity index (χ2n) is 2.51. The van der Waals surface area contributed by atoms with E-state index in [0.29, 0.717) is 0 Å². The van der Waals surface area contributed by atoms with Crippen molar-refractivity contribution in [2.24, 2.45) is 5.92 Å². The van der Waals surface area contributed by atoms with E-state index in [4.69, 9.17) is 0 Å². The third-order valence-electron chi connectivity index (χ3n) is 1.26. The zero-order chi connectivity index (χ0) is 8.36. The molecule has 0 aromatic heterocycles. The molecular weight excluding hydrogens is 145 g/mol. The first kappa shape index (κ1) is 9.75. The summed E-state index contributed by atoms with van der Waals surface area (Å²) in [6.07, 6.45) is -5.26. The molecule has 0 aliphatic rings. The Bertz CT molecular complexity index is 97.7. The molecule has 4 heteroatoms. The predicted molar refractivity (Wildman–Crippen MR) is 31.4 cm³/mol. The van der Waals surface area contributed by atoms with Gasteiger partial charge in [0, 0.05) is 0 Å². The highest BCUT2D eigenvalue weighted by atomic mass is 19.4. The minimum absolute atomic E-state index is 0.110. The van der Waals surface area contributed by atoms with Crippen molar-refractivity contribution in [2.45, 2.75) is 33.2 Å². The van der Waals surface area contributed by atoms with Crippen molar-refractivity contribution < 1.29 is 17.9 Å². The van der Waals surface area contributed by atoms with Crippen LogP contribution in [0.1, 0.15) is 20.8 Å². The van der Waals surface area contributed by atoms with Gasteiger partial charge in [0.15, 0.2) is 0 Å². The summed E-state index contributed by atoms with van der Waals surface area (Å²) in [6.45, 7) is 4.75. The van der Waals surface area contributed by atoms with Crippen molar-refractivity contribution in [2.75, 3.05) is 0 Å². The first-order valence-corrected chi connectivity index (χ1v) is 3.07. The standard InChI is InChI=1S/C6H11F3O/c1-4(2)5(3)10-6(7,8)9/h4-5H,1-3H3. The summed E-state index contributed by atoms with van der Waals surface area (Å²) in [4.78, 5) is 0. The molecule has 62 valence electrons. The zero-order valence-electron chi connectivity index (χ0n) is 6.20. The summed E-state index contributed by atoms with van der Waals surface area (Å²) < 4.78 is 38.0. The Morgan fingerprint density at radius 2 is 1.50 bits per heavy atom. The van der Waals surface area contributed by atoms with Crippen LogP contribution in [0.2, 0.25) is 0 Å². The molecule has 0 N–H and O–H groups in total. The van der Waals surface area contributed by atoms with Gasteiger partial charge in [-0.2, -0.15) is 0 Å². The number of rotatable bonds is 2. The van der Waals surface area contributed by atoms with Gasteiger partial charge in [-0.1, -0.05) is 13.8 Å². The summed E-state index contributed by atoms with van der Waals surface area (Å²) >= 11 is 0. The summed E-state index contributed by atoms with van der Waals surface area (Å²) in [5.74, 6) is -0.110. The topological polar surface area (TPSA) is 9.23 Å². The highest BCUT2D eigenvalue weighted by Gasteiger charge is 2.32. The van der Waals surface area contributed by atoms with E-state index >= 15 is 0 Å². The molecule has 0 rings (SSSR count). The van der Waals surface area contributed by atoms with Crippen LogP contribution in [0.25, 0.3) is 0 Å². The Morgan fingerprint density at radius 3 is 1.60 bits per heavy atom. The average Bonchev–Trinajstić information content (AvgIpc) is 1.60. The maximum atomic E-state index is 11.4. The monoisotopic (exact) mass is 156 g/mol. The van der Waals surface area contributed by atoms with Crippen LogP contribution in [-0.2, 0) is 4.74 Å². The molecule has 0 heterocycles. The van der Waals surface area contributed by atoms with Gasteiger partial charge in [0.1, 0.15) is 0 Å². The van der Waals surface area contributed by atoms with E-state index in [-0.39, 0.29) is 5.92 Å². The quantitative estimate of drug-likeness (QED) is 0.597. The SMILES string of the molecule is CC(C)C(C)OC(F)(F)F. The lowest BCUT2D eigenvalue weighted by molar-refractivity contribution is -0.344. The molecule has 0 bridgehead atoms. The van der Waals surface area contributed by atoms with Crippen LogP contribution in [0.15, 0.2) is 0 Å². The Morgan fingerprint density at radius 1 is 1.10 bits per heavy atom. The lowest BCUT2D eigenvalue weighted by Crippen LogP contribution is -2.25. The molecule has 0 aromatic rings. The minimum Gasteiger partial charge on any atom is -0.289 e. The predicted octanol–water partition coefficient (Wildman–Crippen LogP) is 2.57. The van der Waals surface area contributed by atoms with Crippen LogP contribution < -0.4 is 0 Å².